The molecule has 0 radical (unpaired) electrons. The summed E-state index contributed by atoms with van der Waals surface area (Å²) >= 11 is 0. The van der Waals surface area contributed by atoms with E-state index in [4.69, 9.17) is 14.2 Å². The second-order valence-corrected chi connectivity index (χ2v) is 22.8. The summed E-state index contributed by atoms with van der Waals surface area (Å²) in [6.45, 7) is 9.37. The molecule has 11 rings (SSSR count). The van der Waals surface area contributed by atoms with Gasteiger partial charge in [0.1, 0.15) is 17.2 Å². The SMILES string of the molecule is CCCCCC1CCC(c2ccc(C(=O)Nc3ccc(-c4ccc(-c5cc6c7c(c8c(c6cc5OC)OC(c5ccccc5)(c5ccc(OC)cc5)C=C8C)C(C)(C)c5c-7cc(C(F)(F)F)cc5C(F)(F)F)c(C)c4)cc3)cc2)CC1. The number of aryl methyl sites for hydroxylation is 1. The topological polar surface area (TPSA) is 56.8 Å². The number of amides is 1. The molecular weight excluding hydrogens is 1030 g/mol. The molecule has 5 nitrogen and oxygen atoms in total. The van der Waals surface area contributed by atoms with Gasteiger partial charge in [0.15, 0.2) is 5.60 Å². The molecule has 1 atom stereocenters. The van der Waals surface area contributed by atoms with Crippen molar-refractivity contribution in [2.24, 2.45) is 5.92 Å². The van der Waals surface area contributed by atoms with Gasteiger partial charge in [0.25, 0.3) is 5.91 Å². The highest BCUT2D eigenvalue weighted by Gasteiger charge is 2.51. The minimum absolute atomic E-state index is 0.144. The molecule has 3 aliphatic rings. The third-order valence-corrected chi connectivity index (χ3v) is 17.4. The minimum atomic E-state index is -5.13. The van der Waals surface area contributed by atoms with Crippen LogP contribution in [0, 0.1) is 12.8 Å². The number of rotatable bonds is 13. The fourth-order valence-electron chi connectivity index (χ4n) is 13.3. The Morgan fingerprint density at radius 2 is 1.33 bits per heavy atom. The van der Waals surface area contributed by atoms with Crippen LogP contribution in [0.3, 0.4) is 0 Å². The summed E-state index contributed by atoms with van der Waals surface area (Å²) in [7, 11) is 3.11. The lowest BCUT2D eigenvalue weighted by molar-refractivity contribution is -0.143. The van der Waals surface area contributed by atoms with E-state index in [1.54, 1.807) is 27.0 Å². The van der Waals surface area contributed by atoms with Gasteiger partial charge in [-0.2, -0.15) is 26.3 Å². The maximum absolute atomic E-state index is 15.4. The molecule has 1 amide bonds. The predicted molar refractivity (Wildman–Crippen MR) is 311 cm³/mol. The van der Waals surface area contributed by atoms with Gasteiger partial charge in [0, 0.05) is 44.3 Å². The lowest BCUT2D eigenvalue weighted by atomic mass is 9.73. The van der Waals surface area contributed by atoms with Gasteiger partial charge in [0.05, 0.1) is 25.3 Å². The Labute approximate surface area is 470 Å². The van der Waals surface area contributed by atoms with Crippen LogP contribution in [-0.4, -0.2) is 20.1 Å². The van der Waals surface area contributed by atoms with Crippen molar-refractivity contribution >= 4 is 27.9 Å². The highest BCUT2D eigenvalue weighted by Crippen LogP contribution is 2.63. The number of allylic oxidation sites excluding steroid dienone is 1. The number of nitrogens with one attached hydrogen (secondary N) is 1. The van der Waals surface area contributed by atoms with Crippen LogP contribution in [0.4, 0.5) is 32.0 Å². The van der Waals surface area contributed by atoms with Crippen molar-refractivity contribution in [2.45, 2.75) is 115 Å². The molecule has 0 aromatic heterocycles. The number of methoxy groups -OCH3 is 2. The highest BCUT2D eigenvalue weighted by molar-refractivity contribution is 6.12. The minimum Gasteiger partial charge on any atom is -0.497 e. The monoisotopic (exact) mass is 1100 g/mol. The van der Waals surface area contributed by atoms with Gasteiger partial charge in [-0.1, -0.05) is 131 Å². The number of fused-ring (bicyclic) bond motifs is 8. The molecule has 2 aliphatic carbocycles. The molecule has 0 bridgehead atoms. The molecule has 1 aliphatic heterocycles. The second kappa shape index (κ2) is 21.3. The van der Waals surface area contributed by atoms with Gasteiger partial charge < -0.3 is 19.5 Å². The van der Waals surface area contributed by atoms with Crippen molar-refractivity contribution in [3.05, 3.63) is 207 Å². The number of ether oxygens (including phenoxy) is 3. The van der Waals surface area contributed by atoms with Crippen molar-refractivity contribution in [3.63, 3.8) is 0 Å². The van der Waals surface area contributed by atoms with Gasteiger partial charge >= 0.3 is 12.4 Å². The molecule has 1 unspecified atom stereocenters. The first-order valence-electron chi connectivity index (χ1n) is 28.0. The third kappa shape index (κ3) is 10.0. The largest absolute Gasteiger partial charge is 0.497 e. The Morgan fingerprint density at radius 3 is 1.96 bits per heavy atom. The standard InChI is InChI=1S/C70H65F6NO4/c1-8-9-11-14-43-17-19-44(20-18-43)45-21-23-47(24-22-45)66(78)77-52-30-25-46(26-31-52)48-27-34-54(41(2)35-48)55-38-56-57(39-60(55)80-7)65-61(42(3)40-68(81-65,49-15-12-10-13-16-49)50-28-32-53(79-6)33-29-50)64-62(56)58-36-51(69(71,72)73)37-59(70(74,75)76)63(58)67(64,4)5/h10,12-13,15-16,21-40,43-44H,8-9,11,14,17-20H2,1-7H3,(H,77,78). The predicted octanol–water partition coefficient (Wildman–Crippen LogP) is 19.7. The maximum atomic E-state index is 15.4. The van der Waals surface area contributed by atoms with Gasteiger partial charge in [-0.05, 0) is 179 Å². The van der Waals surface area contributed by atoms with Crippen molar-refractivity contribution < 1.29 is 45.3 Å². The summed E-state index contributed by atoms with van der Waals surface area (Å²) in [4.78, 5) is 13.5. The number of unbranched alkanes of at least 4 members (excludes halogenated alkanes) is 2. The van der Waals surface area contributed by atoms with Crippen molar-refractivity contribution in [3.8, 4) is 50.6 Å². The Hall–Kier alpha value is -7.79. The van der Waals surface area contributed by atoms with Gasteiger partial charge in [0.2, 0.25) is 0 Å². The fraction of sp³-hybridized carbons (Fsp3) is 0.300. The summed E-state index contributed by atoms with van der Waals surface area (Å²) in [5.74, 6) is 2.56. The number of hydrogen-bond donors (Lipinski definition) is 1. The number of carbonyl (C=O) groups is 1. The van der Waals surface area contributed by atoms with Crippen LogP contribution < -0.4 is 19.5 Å². The van der Waals surface area contributed by atoms with Crippen LogP contribution >= 0.6 is 0 Å². The van der Waals surface area contributed by atoms with E-state index in [9.17, 15) is 18.0 Å². The van der Waals surface area contributed by atoms with Crippen LogP contribution in [0.5, 0.6) is 17.2 Å². The van der Waals surface area contributed by atoms with E-state index in [-0.39, 0.29) is 28.7 Å². The number of hydrogen-bond acceptors (Lipinski definition) is 4. The lowest BCUT2D eigenvalue weighted by Crippen LogP contribution is -2.36. The van der Waals surface area contributed by atoms with E-state index in [1.165, 1.54) is 64.0 Å². The van der Waals surface area contributed by atoms with Gasteiger partial charge in [-0.3, -0.25) is 4.79 Å². The van der Waals surface area contributed by atoms with Crippen LogP contribution in [0.25, 0.3) is 49.7 Å². The molecule has 0 saturated heterocycles. The molecule has 1 N–H and O–H groups in total. The first-order valence-corrected chi connectivity index (χ1v) is 28.0. The van der Waals surface area contributed by atoms with Crippen LogP contribution in [0.2, 0.25) is 0 Å². The molecule has 8 aromatic carbocycles. The fourth-order valence-corrected chi connectivity index (χ4v) is 13.3. The highest BCUT2D eigenvalue weighted by atomic mass is 19.4. The third-order valence-electron chi connectivity index (χ3n) is 17.4. The zero-order chi connectivity index (χ0) is 57.2. The zero-order valence-electron chi connectivity index (χ0n) is 46.6. The first kappa shape index (κ1) is 55.1. The average Bonchev–Trinajstić information content (AvgIpc) is 1.93. The second-order valence-electron chi connectivity index (χ2n) is 22.8. The quantitative estimate of drug-likeness (QED) is 0.0923. The molecule has 1 saturated carbocycles. The van der Waals surface area contributed by atoms with E-state index >= 15 is 13.2 Å². The summed E-state index contributed by atoms with van der Waals surface area (Å²) in [6.07, 6.45) is 1.88. The Bertz CT molecular complexity index is 3720. The lowest BCUT2D eigenvalue weighted by Gasteiger charge is -2.40. The number of alkyl halides is 6. The molecule has 1 fully saturated rings. The Balaban J connectivity index is 0.979. The van der Waals surface area contributed by atoms with Crippen LogP contribution in [-0.2, 0) is 23.4 Å². The summed E-state index contributed by atoms with van der Waals surface area (Å²) in [6, 6.07) is 43.4. The number of halogens is 6. The molecule has 8 aromatic rings. The smallest absolute Gasteiger partial charge is 0.416 e. The average molecular weight is 1100 g/mol. The molecule has 416 valence electrons. The van der Waals surface area contributed by atoms with E-state index in [2.05, 4.69) is 24.4 Å². The summed E-state index contributed by atoms with van der Waals surface area (Å²) in [5, 5.41) is 3.90. The van der Waals surface area contributed by atoms with E-state index in [0.29, 0.717) is 67.5 Å². The van der Waals surface area contributed by atoms with Crippen LogP contribution in [0.15, 0.2) is 152 Å². The molecular formula is C70H65F6NO4. The first-order chi connectivity index (χ1) is 38.7. The van der Waals surface area contributed by atoms with Crippen LogP contribution in [0.1, 0.15) is 145 Å². The van der Waals surface area contributed by atoms with Gasteiger partial charge in [-0.15, -0.1) is 0 Å². The van der Waals surface area contributed by atoms with Crippen molar-refractivity contribution in [1.82, 2.24) is 0 Å². The normalized spacial score (nSPS) is 18.3. The van der Waals surface area contributed by atoms with E-state index < -0.39 is 34.5 Å². The molecule has 1 heterocycles. The molecule has 0 spiro atoms. The number of benzene rings is 8. The molecule has 81 heavy (non-hydrogen) atoms. The maximum Gasteiger partial charge on any atom is 0.416 e. The van der Waals surface area contributed by atoms with E-state index in [1.807, 2.05) is 135 Å². The Morgan fingerprint density at radius 1 is 0.654 bits per heavy atom. The zero-order valence-corrected chi connectivity index (χ0v) is 46.6. The summed E-state index contributed by atoms with van der Waals surface area (Å²) < 4.78 is 110. The molecule has 11 heteroatoms. The van der Waals surface area contributed by atoms with Crippen molar-refractivity contribution in [2.75, 3.05) is 19.5 Å². The summed E-state index contributed by atoms with van der Waals surface area (Å²) in [5.41, 5.74) is 3.94. The van der Waals surface area contributed by atoms with Crippen molar-refractivity contribution in [1.29, 1.82) is 0 Å². The van der Waals surface area contributed by atoms with Gasteiger partial charge in [-0.25, -0.2) is 0 Å². The number of anilines is 1. The number of carbonyl (C=O) groups excluding carboxylic acids is 1. The Kier molecular flexibility index (Phi) is 14.5. The van der Waals surface area contributed by atoms with E-state index in [0.717, 1.165) is 45.4 Å².